The van der Waals surface area contributed by atoms with Crippen LogP contribution in [0.25, 0.3) is 0 Å². The molecule has 100 valence electrons. The summed E-state index contributed by atoms with van der Waals surface area (Å²) in [4.78, 5) is 13.4. The Balaban J connectivity index is 1.89. The first-order chi connectivity index (χ1) is 8.09. The van der Waals surface area contributed by atoms with Crippen LogP contribution in [0.1, 0.15) is 39.5 Å². The lowest BCUT2D eigenvalue weighted by atomic mass is 10.2. The standard InChI is InChI=1S/C13H27N3O/c1-11(2)16(3)9-5-4-8-14-10-12-6-7-13(17)15-12/h11-12,14H,4-10H2,1-3H3,(H,15,17). The summed E-state index contributed by atoms with van der Waals surface area (Å²) in [7, 11) is 2.17. The van der Waals surface area contributed by atoms with E-state index in [1.807, 2.05) is 0 Å². The van der Waals surface area contributed by atoms with Crippen LogP contribution in [0, 0.1) is 0 Å². The van der Waals surface area contributed by atoms with Crippen LogP contribution in [0.15, 0.2) is 0 Å². The van der Waals surface area contributed by atoms with Crippen molar-refractivity contribution in [3.05, 3.63) is 0 Å². The molecule has 0 saturated carbocycles. The van der Waals surface area contributed by atoms with Crippen LogP contribution in [0.5, 0.6) is 0 Å². The molecule has 0 aromatic heterocycles. The summed E-state index contributed by atoms with van der Waals surface area (Å²) in [5.74, 6) is 0.204. The van der Waals surface area contributed by atoms with Crippen molar-refractivity contribution >= 4 is 5.91 Å². The number of carbonyl (C=O) groups is 1. The molecule has 1 saturated heterocycles. The van der Waals surface area contributed by atoms with Crippen molar-refractivity contribution in [2.75, 3.05) is 26.7 Å². The zero-order valence-electron chi connectivity index (χ0n) is 11.5. The molecule has 0 aliphatic carbocycles. The van der Waals surface area contributed by atoms with Gasteiger partial charge in [-0.15, -0.1) is 0 Å². The smallest absolute Gasteiger partial charge is 0.220 e. The van der Waals surface area contributed by atoms with Crippen molar-refractivity contribution in [3.63, 3.8) is 0 Å². The Labute approximate surface area is 105 Å². The molecule has 1 aliphatic heterocycles. The molecule has 4 heteroatoms. The number of nitrogens with one attached hydrogen (secondary N) is 2. The third-order valence-corrected chi connectivity index (χ3v) is 3.47. The van der Waals surface area contributed by atoms with Crippen molar-refractivity contribution in [2.45, 2.75) is 51.6 Å². The molecule has 1 rings (SSSR count). The molecule has 17 heavy (non-hydrogen) atoms. The Bertz CT molecular complexity index is 231. The highest BCUT2D eigenvalue weighted by Gasteiger charge is 2.19. The second-order valence-electron chi connectivity index (χ2n) is 5.29. The van der Waals surface area contributed by atoms with Crippen molar-refractivity contribution < 1.29 is 4.79 Å². The van der Waals surface area contributed by atoms with Gasteiger partial charge in [0.25, 0.3) is 0 Å². The van der Waals surface area contributed by atoms with E-state index < -0.39 is 0 Å². The van der Waals surface area contributed by atoms with E-state index in [1.54, 1.807) is 0 Å². The van der Waals surface area contributed by atoms with Gasteiger partial charge in [-0.05, 0) is 53.2 Å². The summed E-state index contributed by atoms with van der Waals surface area (Å²) >= 11 is 0. The van der Waals surface area contributed by atoms with Gasteiger partial charge in [-0.2, -0.15) is 0 Å². The number of carbonyl (C=O) groups excluding carboxylic acids is 1. The molecular formula is C13H27N3O. The second kappa shape index (κ2) is 7.67. The minimum atomic E-state index is 0.204. The van der Waals surface area contributed by atoms with Gasteiger partial charge in [-0.25, -0.2) is 0 Å². The van der Waals surface area contributed by atoms with E-state index in [0.29, 0.717) is 18.5 Å². The van der Waals surface area contributed by atoms with Crippen LogP contribution in [0.4, 0.5) is 0 Å². The summed E-state index contributed by atoms with van der Waals surface area (Å²) in [6.07, 6.45) is 4.13. The van der Waals surface area contributed by atoms with Gasteiger partial charge in [0.05, 0.1) is 0 Å². The Hall–Kier alpha value is -0.610. The van der Waals surface area contributed by atoms with E-state index in [2.05, 4.69) is 36.4 Å². The van der Waals surface area contributed by atoms with Gasteiger partial charge in [-0.1, -0.05) is 0 Å². The maximum absolute atomic E-state index is 11.0. The first-order valence-electron chi connectivity index (χ1n) is 6.80. The molecule has 1 fully saturated rings. The van der Waals surface area contributed by atoms with Crippen LogP contribution in [0.2, 0.25) is 0 Å². The lowest BCUT2D eigenvalue weighted by Gasteiger charge is -2.20. The molecular weight excluding hydrogens is 214 g/mol. The lowest BCUT2D eigenvalue weighted by molar-refractivity contribution is -0.119. The summed E-state index contributed by atoms with van der Waals surface area (Å²) in [5, 5.41) is 6.39. The van der Waals surface area contributed by atoms with Gasteiger partial charge in [-0.3, -0.25) is 4.79 Å². The number of rotatable bonds is 8. The molecule has 1 unspecified atom stereocenters. The van der Waals surface area contributed by atoms with Gasteiger partial charge in [0.2, 0.25) is 5.91 Å². The maximum atomic E-state index is 11.0. The van der Waals surface area contributed by atoms with E-state index in [-0.39, 0.29) is 5.91 Å². The van der Waals surface area contributed by atoms with Crippen LogP contribution < -0.4 is 10.6 Å². The summed E-state index contributed by atoms with van der Waals surface area (Å²) < 4.78 is 0. The number of hydrogen-bond acceptors (Lipinski definition) is 3. The molecule has 1 heterocycles. The van der Waals surface area contributed by atoms with E-state index in [1.165, 1.54) is 19.4 Å². The summed E-state index contributed by atoms with van der Waals surface area (Å²) in [6.45, 7) is 7.59. The monoisotopic (exact) mass is 241 g/mol. The van der Waals surface area contributed by atoms with E-state index >= 15 is 0 Å². The van der Waals surface area contributed by atoms with Crippen molar-refractivity contribution in [1.29, 1.82) is 0 Å². The largest absolute Gasteiger partial charge is 0.352 e. The molecule has 0 radical (unpaired) electrons. The Morgan fingerprint density at radius 1 is 1.47 bits per heavy atom. The van der Waals surface area contributed by atoms with Crippen LogP contribution in [0.3, 0.4) is 0 Å². The Morgan fingerprint density at radius 3 is 2.82 bits per heavy atom. The topological polar surface area (TPSA) is 44.4 Å². The molecule has 0 spiro atoms. The average molecular weight is 241 g/mol. The SMILES string of the molecule is CC(C)N(C)CCCCNCC1CCC(=O)N1. The third-order valence-electron chi connectivity index (χ3n) is 3.47. The minimum Gasteiger partial charge on any atom is -0.352 e. The number of hydrogen-bond donors (Lipinski definition) is 2. The quantitative estimate of drug-likeness (QED) is 0.623. The lowest BCUT2D eigenvalue weighted by Crippen LogP contribution is -2.36. The van der Waals surface area contributed by atoms with Crippen LogP contribution >= 0.6 is 0 Å². The zero-order chi connectivity index (χ0) is 12.7. The Kier molecular flexibility index (Phi) is 6.52. The zero-order valence-corrected chi connectivity index (χ0v) is 11.5. The highest BCUT2D eigenvalue weighted by molar-refractivity contribution is 5.78. The molecule has 1 amide bonds. The molecule has 0 aromatic carbocycles. The maximum Gasteiger partial charge on any atom is 0.220 e. The first-order valence-corrected chi connectivity index (χ1v) is 6.80. The molecule has 0 bridgehead atoms. The Morgan fingerprint density at radius 2 is 2.24 bits per heavy atom. The van der Waals surface area contributed by atoms with Gasteiger partial charge in [0.1, 0.15) is 0 Å². The number of nitrogens with zero attached hydrogens (tertiary/aromatic N) is 1. The third kappa shape index (κ3) is 6.03. The molecule has 1 aliphatic rings. The van der Waals surface area contributed by atoms with Crippen molar-refractivity contribution in [2.24, 2.45) is 0 Å². The highest BCUT2D eigenvalue weighted by atomic mass is 16.1. The first kappa shape index (κ1) is 14.5. The number of amides is 1. The van der Waals surface area contributed by atoms with Gasteiger partial charge < -0.3 is 15.5 Å². The van der Waals surface area contributed by atoms with Gasteiger partial charge in [0, 0.05) is 25.0 Å². The normalized spacial score (nSPS) is 20.3. The van der Waals surface area contributed by atoms with E-state index in [4.69, 9.17) is 0 Å². The fourth-order valence-electron chi connectivity index (χ4n) is 1.98. The van der Waals surface area contributed by atoms with Crippen molar-refractivity contribution in [1.82, 2.24) is 15.5 Å². The molecule has 0 aromatic rings. The van der Waals surface area contributed by atoms with Crippen LogP contribution in [-0.4, -0.2) is 49.6 Å². The minimum absolute atomic E-state index is 0.204. The van der Waals surface area contributed by atoms with Crippen molar-refractivity contribution in [3.8, 4) is 0 Å². The molecule has 2 N–H and O–H groups in total. The van der Waals surface area contributed by atoms with Gasteiger partial charge >= 0.3 is 0 Å². The molecule has 4 nitrogen and oxygen atoms in total. The van der Waals surface area contributed by atoms with Crippen LogP contribution in [-0.2, 0) is 4.79 Å². The predicted octanol–water partition coefficient (Wildman–Crippen LogP) is 0.975. The summed E-state index contributed by atoms with van der Waals surface area (Å²) in [5.41, 5.74) is 0. The fraction of sp³-hybridized carbons (Fsp3) is 0.923. The second-order valence-corrected chi connectivity index (χ2v) is 5.29. The molecule has 1 atom stereocenters. The summed E-state index contributed by atoms with van der Waals surface area (Å²) in [6, 6.07) is 0.998. The highest BCUT2D eigenvalue weighted by Crippen LogP contribution is 2.05. The predicted molar refractivity (Wildman–Crippen MR) is 71.0 cm³/mol. The van der Waals surface area contributed by atoms with E-state index in [0.717, 1.165) is 19.5 Å². The van der Waals surface area contributed by atoms with E-state index in [9.17, 15) is 4.79 Å². The fourth-order valence-corrected chi connectivity index (χ4v) is 1.98. The average Bonchev–Trinajstić information content (AvgIpc) is 2.68. The van der Waals surface area contributed by atoms with Gasteiger partial charge in [0.15, 0.2) is 0 Å². The number of unbranched alkanes of at least 4 members (excludes halogenated alkanes) is 1.